The lowest BCUT2D eigenvalue weighted by molar-refractivity contribution is -0.142. The van der Waals surface area contributed by atoms with Crippen LogP contribution in [0.2, 0.25) is 0 Å². The largest absolute Gasteiger partial charge is 0.481 e. The molecule has 4 nitrogen and oxygen atoms in total. The summed E-state index contributed by atoms with van der Waals surface area (Å²) in [7, 11) is 0. The lowest BCUT2D eigenvalue weighted by Gasteiger charge is -2.23. The normalized spacial score (nSPS) is 26.7. The monoisotopic (exact) mass is 296 g/mol. The molecule has 2 atom stereocenters. The van der Waals surface area contributed by atoms with Crippen molar-refractivity contribution in [2.45, 2.75) is 24.5 Å². The number of carboxylic acids is 1. The van der Waals surface area contributed by atoms with Crippen molar-refractivity contribution in [1.29, 1.82) is 0 Å². The minimum Gasteiger partial charge on any atom is -0.481 e. The lowest BCUT2D eigenvalue weighted by atomic mass is 9.87. The number of aromatic nitrogens is 2. The second-order valence-electron chi connectivity index (χ2n) is 4.91. The molecule has 1 aliphatic carbocycles. The van der Waals surface area contributed by atoms with Gasteiger partial charge in [0.15, 0.2) is 0 Å². The zero-order chi connectivity index (χ0) is 13.2. The number of thioether (sulfide) groups is 2. The summed E-state index contributed by atoms with van der Waals surface area (Å²) in [6, 6.07) is 0. The Kier molecular flexibility index (Phi) is 3.98. The second kappa shape index (κ2) is 5.71. The van der Waals surface area contributed by atoms with Gasteiger partial charge in [0.05, 0.1) is 11.2 Å². The van der Waals surface area contributed by atoms with Crippen LogP contribution in [0.15, 0.2) is 6.20 Å². The Labute approximate surface area is 120 Å². The van der Waals surface area contributed by atoms with Crippen molar-refractivity contribution in [3.05, 3.63) is 23.3 Å². The highest BCUT2D eigenvalue weighted by Gasteiger charge is 2.27. The van der Waals surface area contributed by atoms with Crippen molar-refractivity contribution in [3.63, 3.8) is 0 Å². The Hall–Kier alpha value is -0.750. The quantitative estimate of drug-likeness (QED) is 0.902. The predicted molar refractivity (Wildman–Crippen MR) is 77.7 cm³/mol. The molecule has 1 N–H and O–H groups in total. The van der Waals surface area contributed by atoms with Crippen molar-refractivity contribution in [2.75, 3.05) is 17.3 Å². The van der Waals surface area contributed by atoms with E-state index in [9.17, 15) is 4.79 Å². The van der Waals surface area contributed by atoms with Crippen LogP contribution in [0, 0.1) is 5.92 Å². The number of fused-ring (bicyclic) bond motifs is 1. The molecule has 0 aromatic carbocycles. The first-order chi connectivity index (χ1) is 9.24. The van der Waals surface area contributed by atoms with Gasteiger partial charge in [-0.15, -0.1) is 11.8 Å². The summed E-state index contributed by atoms with van der Waals surface area (Å²) in [5.41, 5.74) is 2.09. The summed E-state index contributed by atoms with van der Waals surface area (Å²) in [5.74, 6) is 3.44. The fraction of sp³-hybridized carbons (Fsp3) is 0.615. The topological polar surface area (TPSA) is 63.1 Å². The summed E-state index contributed by atoms with van der Waals surface area (Å²) < 4.78 is 0. The second-order valence-corrected chi connectivity index (χ2v) is 7.37. The van der Waals surface area contributed by atoms with Crippen LogP contribution < -0.4 is 0 Å². The molecule has 1 fully saturated rings. The fourth-order valence-corrected chi connectivity index (χ4v) is 5.13. The molecule has 102 valence electrons. The summed E-state index contributed by atoms with van der Waals surface area (Å²) in [4.78, 5) is 20.2. The molecule has 2 aliphatic rings. The molecule has 6 heteroatoms. The molecule has 1 aromatic heterocycles. The van der Waals surface area contributed by atoms with E-state index in [0.29, 0.717) is 18.1 Å². The van der Waals surface area contributed by atoms with E-state index in [1.807, 2.05) is 29.7 Å². The third kappa shape index (κ3) is 2.89. The molecule has 0 amide bonds. The first-order valence-electron chi connectivity index (χ1n) is 6.51. The van der Waals surface area contributed by atoms with Gasteiger partial charge in [-0.05, 0) is 24.8 Å². The maximum atomic E-state index is 11.0. The summed E-state index contributed by atoms with van der Waals surface area (Å²) in [6.07, 6.45) is 3.90. The number of hydrogen-bond donors (Lipinski definition) is 1. The standard InChI is InChI=1S/C13H16N2O2S2/c16-13(17)8-1-2-10-9(5-8)6-14-12(15-10)11-7-18-3-4-19-11/h6,8,11H,1-5,7H2,(H,16,17). The molecule has 1 saturated heterocycles. The van der Waals surface area contributed by atoms with E-state index in [4.69, 9.17) is 10.1 Å². The molecule has 3 rings (SSSR count). The average molecular weight is 296 g/mol. The van der Waals surface area contributed by atoms with E-state index in [1.54, 1.807) is 0 Å². The van der Waals surface area contributed by atoms with Gasteiger partial charge in [0.25, 0.3) is 0 Å². The van der Waals surface area contributed by atoms with Gasteiger partial charge < -0.3 is 5.11 Å². The van der Waals surface area contributed by atoms with Gasteiger partial charge in [-0.1, -0.05) is 0 Å². The summed E-state index contributed by atoms with van der Waals surface area (Å²) in [6.45, 7) is 0. The van der Waals surface area contributed by atoms with Gasteiger partial charge in [0.2, 0.25) is 0 Å². The molecule has 2 unspecified atom stereocenters. The van der Waals surface area contributed by atoms with Gasteiger partial charge >= 0.3 is 5.97 Å². The highest BCUT2D eigenvalue weighted by atomic mass is 32.2. The molecule has 0 spiro atoms. The molecule has 2 heterocycles. The van der Waals surface area contributed by atoms with Crippen molar-refractivity contribution >= 4 is 29.5 Å². The van der Waals surface area contributed by atoms with E-state index in [1.165, 1.54) is 5.75 Å². The van der Waals surface area contributed by atoms with Crippen LogP contribution >= 0.6 is 23.5 Å². The Morgan fingerprint density at radius 3 is 3.05 bits per heavy atom. The predicted octanol–water partition coefficient (Wildman–Crippen LogP) is 2.19. The first kappa shape index (κ1) is 13.2. The zero-order valence-corrected chi connectivity index (χ0v) is 12.2. The highest BCUT2D eigenvalue weighted by molar-refractivity contribution is 8.06. The fourth-order valence-electron chi connectivity index (χ4n) is 2.53. The number of aryl methyl sites for hydroxylation is 1. The maximum absolute atomic E-state index is 11.0. The molecule has 0 bridgehead atoms. The molecule has 1 aliphatic heterocycles. The molecule has 0 radical (unpaired) electrons. The van der Waals surface area contributed by atoms with Crippen LogP contribution in [0.5, 0.6) is 0 Å². The van der Waals surface area contributed by atoms with Crippen molar-refractivity contribution in [3.8, 4) is 0 Å². The Morgan fingerprint density at radius 1 is 1.42 bits per heavy atom. The smallest absolute Gasteiger partial charge is 0.306 e. The minimum atomic E-state index is -0.700. The first-order valence-corrected chi connectivity index (χ1v) is 8.71. The van der Waals surface area contributed by atoms with Crippen molar-refractivity contribution in [1.82, 2.24) is 9.97 Å². The van der Waals surface area contributed by atoms with E-state index < -0.39 is 5.97 Å². The highest BCUT2D eigenvalue weighted by Crippen LogP contribution is 2.35. The summed E-state index contributed by atoms with van der Waals surface area (Å²) >= 11 is 3.89. The van der Waals surface area contributed by atoms with E-state index in [0.717, 1.165) is 35.0 Å². The van der Waals surface area contributed by atoms with Crippen LogP contribution in [0.3, 0.4) is 0 Å². The zero-order valence-electron chi connectivity index (χ0n) is 10.5. The molecular weight excluding hydrogens is 280 g/mol. The van der Waals surface area contributed by atoms with Gasteiger partial charge in [-0.2, -0.15) is 11.8 Å². The lowest BCUT2D eigenvalue weighted by Crippen LogP contribution is -2.24. The van der Waals surface area contributed by atoms with Crippen LogP contribution in [0.4, 0.5) is 0 Å². The van der Waals surface area contributed by atoms with E-state index in [-0.39, 0.29) is 5.92 Å². The van der Waals surface area contributed by atoms with Gasteiger partial charge in [0.1, 0.15) is 5.82 Å². The molecular formula is C13H16N2O2S2. The number of nitrogens with zero attached hydrogens (tertiary/aromatic N) is 2. The van der Waals surface area contributed by atoms with Gasteiger partial charge in [0, 0.05) is 29.1 Å². The van der Waals surface area contributed by atoms with Gasteiger partial charge in [-0.3, -0.25) is 4.79 Å². The number of carbonyl (C=O) groups is 1. The van der Waals surface area contributed by atoms with Crippen LogP contribution in [-0.4, -0.2) is 38.3 Å². The number of carboxylic acid groups (broad SMARTS) is 1. The molecule has 19 heavy (non-hydrogen) atoms. The average Bonchev–Trinajstić information content (AvgIpc) is 2.47. The Balaban J connectivity index is 1.79. The molecule has 1 aromatic rings. The SMILES string of the molecule is O=C(O)C1CCc2nc(C3CSCCS3)ncc2C1. The van der Waals surface area contributed by atoms with Crippen LogP contribution in [0.1, 0.15) is 28.8 Å². The van der Waals surface area contributed by atoms with Crippen LogP contribution in [0.25, 0.3) is 0 Å². The van der Waals surface area contributed by atoms with Crippen molar-refractivity contribution in [2.24, 2.45) is 5.92 Å². The van der Waals surface area contributed by atoms with E-state index >= 15 is 0 Å². The third-order valence-electron chi connectivity index (χ3n) is 3.62. The summed E-state index contributed by atoms with van der Waals surface area (Å²) in [5, 5.41) is 9.48. The number of aliphatic carboxylic acids is 1. The number of hydrogen-bond acceptors (Lipinski definition) is 5. The van der Waals surface area contributed by atoms with Crippen LogP contribution in [-0.2, 0) is 17.6 Å². The third-order valence-corrected chi connectivity index (χ3v) is 6.37. The Morgan fingerprint density at radius 2 is 2.32 bits per heavy atom. The van der Waals surface area contributed by atoms with Crippen molar-refractivity contribution < 1.29 is 9.90 Å². The number of rotatable bonds is 2. The van der Waals surface area contributed by atoms with E-state index in [2.05, 4.69) is 4.98 Å². The van der Waals surface area contributed by atoms with Gasteiger partial charge in [-0.25, -0.2) is 9.97 Å². The minimum absolute atomic E-state index is 0.262. The Bertz CT molecular complexity index is 490. The maximum Gasteiger partial charge on any atom is 0.306 e. The molecule has 0 saturated carbocycles.